The van der Waals surface area contributed by atoms with Gasteiger partial charge in [-0.15, -0.1) is 0 Å². The van der Waals surface area contributed by atoms with Crippen LogP contribution in [-0.4, -0.2) is 43.6 Å². The van der Waals surface area contributed by atoms with Crippen molar-refractivity contribution in [2.24, 2.45) is 0 Å². The lowest BCUT2D eigenvalue weighted by atomic mass is 10.0. The molecule has 1 aliphatic heterocycles. The van der Waals surface area contributed by atoms with Gasteiger partial charge in [0.15, 0.2) is 0 Å². The summed E-state index contributed by atoms with van der Waals surface area (Å²) in [5.74, 6) is -0.00566. The number of benzene rings is 2. The molecule has 6 heteroatoms. The first-order chi connectivity index (χ1) is 13.4. The van der Waals surface area contributed by atoms with Crippen molar-refractivity contribution < 1.29 is 14.3 Å². The number of carbonyl (C=O) groups is 2. The smallest absolute Gasteiger partial charge is 0.411 e. The Kier molecular flexibility index (Phi) is 5.99. The summed E-state index contributed by atoms with van der Waals surface area (Å²) >= 11 is 0. The molecule has 0 saturated heterocycles. The van der Waals surface area contributed by atoms with Crippen LogP contribution < -0.4 is 10.2 Å². The summed E-state index contributed by atoms with van der Waals surface area (Å²) in [6.07, 6.45) is 1.18. The summed E-state index contributed by atoms with van der Waals surface area (Å²) in [6.45, 7) is 3.96. The van der Waals surface area contributed by atoms with E-state index in [1.807, 2.05) is 62.3 Å². The zero-order valence-electron chi connectivity index (χ0n) is 16.9. The number of para-hydroxylation sites is 1. The van der Waals surface area contributed by atoms with E-state index >= 15 is 0 Å². The maximum atomic E-state index is 13.4. The van der Waals surface area contributed by atoms with Gasteiger partial charge in [-0.3, -0.25) is 19.9 Å². The van der Waals surface area contributed by atoms with Gasteiger partial charge in [0.2, 0.25) is 5.91 Å². The lowest BCUT2D eigenvalue weighted by Gasteiger charge is -2.30. The van der Waals surface area contributed by atoms with Crippen molar-refractivity contribution >= 4 is 29.1 Å². The fourth-order valence-corrected chi connectivity index (χ4v) is 3.33. The number of carbonyl (C=O) groups excluding carboxylic acids is 2. The number of nitrogens with zero attached hydrogens (tertiary/aromatic N) is 2. The first-order valence-electron chi connectivity index (χ1n) is 9.57. The fourth-order valence-electron chi connectivity index (χ4n) is 3.33. The van der Waals surface area contributed by atoms with Gasteiger partial charge in [-0.2, -0.15) is 0 Å². The van der Waals surface area contributed by atoms with E-state index in [9.17, 15) is 9.59 Å². The predicted molar refractivity (Wildman–Crippen MR) is 111 cm³/mol. The summed E-state index contributed by atoms with van der Waals surface area (Å²) in [5.41, 5.74) is 4.51. The molecule has 0 aromatic heterocycles. The fraction of sp³-hybridized carbons (Fsp3) is 0.364. The molecule has 0 radical (unpaired) electrons. The second-order valence-corrected chi connectivity index (χ2v) is 7.13. The molecule has 2 aromatic rings. The van der Waals surface area contributed by atoms with Crippen LogP contribution in [0.1, 0.15) is 25.0 Å². The lowest BCUT2D eigenvalue weighted by molar-refractivity contribution is -0.121. The first kappa shape index (κ1) is 19.9. The molecule has 0 saturated carbocycles. The number of hydrogen-bond donors (Lipinski definition) is 1. The summed E-state index contributed by atoms with van der Waals surface area (Å²) in [5, 5.41) is 2.74. The molecule has 1 N–H and O–H groups in total. The highest BCUT2D eigenvalue weighted by Crippen LogP contribution is 2.38. The Morgan fingerprint density at radius 2 is 1.79 bits per heavy atom. The third-order valence-corrected chi connectivity index (χ3v) is 5.10. The quantitative estimate of drug-likeness (QED) is 0.871. The van der Waals surface area contributed by atoms with Gasteiger partial charge < -0.3 is 4.74 Å². The molecule has 2 aromatic carbocycles. The maximum Gasteiger partial charge on any atom is 0.411 e. The van der Waals surface area contributed by atoms with Gasteiger partial charge in [-0.1, -0.05) is 24.3 Å². The van der Waals surface area contributed by atoms with Gasteiger partial charge >= 0.3 is 6.09 Å². The van der Waals surface area contributed by atoms with Crippen molar-refractivity contribution in [2.45, 2.75) is 32.7 Å². The summed E-state index contributed by atoms with van der Waals surface area (Å²) in [6, 6.07) is 13.4. The average molecular weight is 381 g/mol. The van der Waals surface area contributed by atoms with Crippen molar-refractivity contribution in [3.8, 4) is 0 Å². The van der Waals surface area contributed by atoms with E-state index in [0.717, 1.165) is 35.3 Å². The van der Waals surface area contributed by atoms with Crippen LogP contribution in [0.15, 0.2) is 42.5 Å². The number of ether oxygens (including phenoxy) is 1. The predicted octanol–water partition coefficient (Wildman–Crippen LogP) is 3.97. The van der Waals surface area contributed by atoms with E-state index in [4.69, 9.17) is 4.74 Å². The number of likely N-dealkylation sites (N-methyl/N-ethyl adjacent to an activating group) is 1. The summed E-state index contributed by atoms with van der Waals surface area (Å²) in [4.78, 5) is 29.0. The zero-order valence-corrected chi connectivity index (χ0v) is 16.9. The van der Waals surface area contributed by atoms with E-state index in [1.165, 1.54) is 0 Å². The van der Waals surface area contributed by atoms with Gasteiger partial charge in [0.1, 0.15) is 0 Å². The van der Waals surface area contributed by atoms with Gasteiger partial charge in [0.05, 0.1) is 24.0 Å². The highest BCUT2D eigenvalue weighted by molar-refractivity contribution is 6.05. The molecule has 3 rings (SSSR count). The number of amides is 2. The molecule has 0 unspecified atom stereocenters. The topological polar surface area (TPSA) is 61.9 Å². The number of fused-ring (bicyclic) bond motifs is 2. The standard InChI is InChI=1S/C22H27N3O3/c1-5-28-22(27)23-18-13-12-17-11-10-16-8-6-7-9-19(16)25(20(17)14-18)21(26)15(2)24(3)4/h6-9,12-15H,5,10-11H2,1-4H3,(H,23,27)/t15-/m0/s1. The van der Waals surface area contributed by atoms with E-state index in [1.54, 1.807) is 11.8 Å². The second-order valence-electron chi connectivity index (χ2n) is 7.13. The van der Waals surface area contributed by atoms with E-state index in [0.29, 0.717) is 12.3 Å². The Labute approximate surface area is 166 Å². The van der Waals surface area contributed by atoms with Crippen LogP contribution in [0, 0.1) is 0 Å². The van der Waals surface area contributed by atoms with E-state index in [-0.39, 0.29) is 11.9 Å². The second kappa shape index (κ2) is 8.44. The number of aryl methyl sites for hydroxylation is 2. The van der Waals surface area contributed by atoms with Crippen LogP contribution in [0.4, 0.5) is 21.9 Å². The minimum Gasteiger partial charge on any atom is -0.450 e. The molecule has 1 aliphatic rings. The van der Waals surface area contributed by atoms with Gasteiger partial charge in [-0.25, -0.2) is 4.79 Å². The largest absolute Gasteiger partial charge is 0.450 e. The molecule has 28 heavy (non-hydrogen) atoms. The van der Waals surface area contributed by atoms with E-state index in [2.05, 4.69) is 11.4 Å². The third kappa shape index (κ3) is 4.02. The van der Waals surface area contributed by atoms with Crippen LogP contribution in [-0.2, 0) is 22.4 Å². The molecule has 0 spiro atoms. The normalized spacial score (nSPS) is 14.0. The molecule has 1 heterocycles. The zero-order chi connectivity index (χ0) is 20.3. The molecule has 6 nitrogen and oxygen atoms in total. The summed E-state index contributed by atoms with van der Waals surface area (Å²) < 4.78 is 4.98. The lowest BCUT2D eigenvalue weighted by Crippen LogP contribution is -2.42. The van der Waals surface area contributed by atoms with Crippen molar-refractivity contribution in [3.05, 3.63) is 53.6 Å². The molecule has 0 aliphatic carbocycles. The van der Waals surface area contributed by atoms with Crippen molar-refractivity contribution in [2.75, 3.05) is 30.9 Å². The molecule has 148 valence electrons. The molecule has 2 amide bonds. The van der Waals surface area contributed by atoms with Crippen molar-refractivity contribution in [3.63, 3.8) is 0 Å². The molecule has 0 fully saturated rings. The highest BCUT2D eigenvalue weighted by Gasteiger charge is 2.30. The molecule has 1 atom stereocenters. The number of rotatable bonds is 4. The Morgan fingerprint density at radius 1 is 1.11 bits per heavy atom. The van der Waals surface area contributed by atoms with Gasteiger partial charge in [0, 0.05) is 5.69 Å². The maximum absolute atomic E-state index is 13.4. The molecule has 0 bridgehead atoms. The Bertz CT molecular complexity index is 879. The Morgan fingerprint density at radius 3 is 2.46 bits per heavy atom. The van der Waals surface area contributed by atoms with Crippen LogP contribution in [0.25, 0.3) is 0 Å². The molecular weight excluding hydrogens is 354 g/mol. The minimum atomic E-state index is -0.504. The van der Waals surface area contributed by atoms with Crippen LogP contribution in [0.2, 0.25) is 0 Å². The Hall–Kier alpha value is -2.86. The molecular formula is C22H27N3O3. The SMILES string of the molecule is CCOC(=O)Nc1ccc2c(c1)N(C(=O)[C@H](C)N(C)C)c1ccccc1CC2. The number of anilines is 3. The number of hydrogen-bond acceptors (Lipinski definition) is 4. The van der Waals surface area contributed by atoms with Gasteiger partial charge in [-0.05, 0) is 70.1 Å². The van der Waals surface area contributed by atoms with Crippen LogP contribution in [0.5, 0.6) is 0 Å². The monoisotopic (exact) mass is 381 g/mol. The summed E-state index contributed by atoms with van der Waals surface area (Å²) in [7, 11) is 3.79. The highest BCUT2D eigenvalue weighted by atomic mass is 16.5. The van der Waals surface area contributed by atoms with E-state index < -0.39 is 6.09 Å². The number of nitrogens with one attached hydrogen (secondary N) is 1. The van der Waals surface area contributed by atoms with Gasteiger partial charge in [0.25, 0.3) is 0 Å². The average Bonchev–Trinajstić information content (AvgIpc) is 2.83. The van der Waals surface area contributed by atoms with Crippen molar-refractivity contribution in [1.82, 2.24) is 4.90 Å². The van der Waals surface area contributed by atoms with Crippen molar-refractivity contribution in [1.29, 1.82) is 0 Å². The third-order valence-electron chi connectivity index (χ3n) is 5.10. The van der Waals surface area contributed by atoms with Crippen LogP contribution >= 0.6 is 0 Å². The first-order valence-corrected chi connectivity index (χ1v) is 9.57. The van der Waals surface area contributed by atoms with Crippen LogP contribution in [0.3, 0.4) is 0 Å². The Balaban J connectivity index is 2.09. The minimum absolute atomic E-state index is 0.00566.